The zero-order valence-electron chi connectivity index (χ0n) is 11.3. The number of methoxy groups -OCH3 is 1. The van der Waals surface area contributed by atoms with Crippen molar-refractivity contribution >= 4 is 11.8 Å². The van der Waals surface area contributed by atoms with Gasteiger partial charge in [-0.2, -0.15) is 5.10 Å². The number of hydrogen-bond donors (Lipinski definition) is 1. The molecule has 0 fully saturated rings. The Morgan fingerprint density at radius 2 is 2.11 bits per heavy atom. The van der Waals surface area contributed by atoms with Crippen LogP contribution in [-0.2, 0) is 16.7 Å². The van der Waals surface area contributed by atoms with Crippen molar-refractivity contribution in [1.82, 2.24) is 9.78 Å². The molecule has 0 aliphatic rings. The van der Waals surface area contributed by atoms with Crippen molar-refractivity contribution < 1.29 is 13.9 Å². The molecule has 1 rings (SSSR count). The number of carbonyl (C=O) groups is 1. The van der Waals surface area contributed by atoms with E-state index in [0.717, 1.165) is 0 Å². The fraction of sp³-hybridized carbons (Fsp3) is 0.667. The first kappa shape index (κ1) is 14.5. The fourth-order valence-electron chi connectivity index (χ4n) is 1.73. The Balaban J connectivity index is 3.27. The summed E-state index contributed by atoms with van der Waals surface area (Å²) in [6, 6.07) is 0. The maximum absolute atomic E-state index is 12.3. The third kappa shape index (κ3) is 2.80. The maximum Gasteiger partial charge on any atom is 0.358 e. The quantitative estimate of drug-likeness (QED) is 0.836. The molecule has 0 aliphatic heterocycles. The van der Waals surface area contributed by atoms with Gasteiger partial charge >= 0.3 is 5.97 Å². The first-order valence-corrected chi connectivity index (χ1v) is 5.85. The van der Waals surface area contributed by atoms with Gasteiger partial charge in [0.15, 0.2) is 5.69 Å². The molecule has 0 radical (unpaired) electrons. The van der Waals surface area contributed by atoms with Crippen molar-refractivity contribution in [2.75, 3.05) is 19.5 Å². The second-order valence-electron chi connectivity index (χ2n) is 5.08. The molecule has 1 heterocycles. The molecule has 0 spiro atoms. The molecule has 18 heavy (non-hydrogen) atoms. The molecule has 6 heteroatoms. The van der Waals surface area contributed by atoms with Gasteiger partial charge in [0.05, 0.1) is 19.3 Å². The number of aromatic nitrogens is 2. The highest BCUT2D eigenvalue weighted by Gasteiger charge is 2.26. The minimum atomic E-state index is -0.543. The monoisotopic (exact) mass is 257 g/mol. The summed E-state index contributed by atoms with van der Waals surface area (Å²) < 4.78 is 18.5. The SMILES string of the molecule is COC(=O)c1nn(C(C)(C)C)c(N)c1CCCF. The van der Waals surface area contributed by atoms with Crippen LogP contribution in [0.25, 0.3) is 0 Å². The van der Waals surface area contributed by atoms with Crippen LogP contribution in [0.3, 0.4) is 0 Å². The number of carbonyl (C=O) groups excluding carboxylic acids is 1. The fourth-order valence-corrected chi connectivity index (χ4v) is 1.73. The lowest BCUT2D eigenvalue weighted by Crippen LogP contribution is -2.25. The van der Waals surface area contributed by atoms with E-state index < -0.39 is 12.6 Å². The van der Waals surface area contributed by atoms with E-state index in [2.05, 4.69) is 9.84 Å². The van der Waals surface area contributed by atoms with E-state index in [1.807, 2.05) is 20.8 Å². The topological polar surface area (TPSA) is 70.1 Å². The molecule has 102 valence electrons. The number of esters is 1. The summed E-state index contributed by atoms with van der Waals surface area (Å²) in [4.78, 5) is 11.6. The maximum atomic E-state index is 12.3. The number of nitrogens with two attached hydrogens (primary N) is 1. The van der Waals surface area contributed by atoms with Crippen LogP contribution in [0.4, 0.5) is 10.2 Å². The van der Waals surface area contributed by atoms with Crippen molar-refractivity contribution in [3.05, 3.63) is 11.3 Å². The van der Waals surface area contributed by atoms with E-state index in [4.69, 9.17) is 5.73 Å². The Hall–Kier alpha value is -1.59. The molecular weight excluding hydrogens is 237 g/mol. The van der Waals surface area contributed by atoms with Gasteiger partial charge < -0.3 is 10.5 Å². The summed E-state index contributed by atoms with van der Waals surface area (Å²) in [5.41, 5.74) is 6.39. The van der Waals surface area contributed by atoms with Crippen LogP contribution in [0.15, 0.2) is 0 Å². The van der Waals surface area contributed by atoms with E-state index in [1.54, 1.807) is 4.68 Å². The number of alkyl halides is 1. The summed E-state index contributed by atoms with van der Waals surface area (Å²) in [5.74, 6) is -0.144. The molecule has 0 bridgehead atoms. The lowest BCUT2D eigenvalue weighted by molar-refractivity contribution is 0.0591. The smallest absolute Gasteiger partial charge is 0.358 e. The van der Waals surface area contributed by atoms with Gasteiger partial charge in [-0.3, -0.25) is 4.39 Å². The average molecular weight is 257 g/mol. The minimum absolute atomic E-state index is 0.179. The van der Waals surface area contributed by atoms with Crippen LogP contribution in [0, 0.1) is 0 Å². The van der Waals surface area contributed by atoms with Crippen LogP contribution in [-0.4, -0.2) is 29.5 Å². The Morgan fingerprint density at radius 1 is 1.50 bits per heavy atom. The number of hydrogen-bond acceptors (Lipinski definition) is 4. The molecule has 0 saturated carbocycles. The summed E-state index contributed by atoms with van der Waals surface area (Å²) in [5, 5.41) is 4.20. The summed E-state index contributed by atoms with van der Waals surface area (Å²) in [6.07, 6.45) is 0.687. The lowest BCUT2D eigenvalue weighted by atomic mass is 10.1. The van der Waals surface area contributed by atoms with Gasteiger partial charge in [-0.1, -0.05) is 0 Å². The van der Waals surface area contributed by atoms with Crippen LogP contribution in [0.1, 0.15) is 43.2 Å². The van der Waals surface area contributed by atoms with Gasteiger partial charge in [-0.25, -0.2) is 9.48 Å². The van der Waals surface area contributed by atoms with Gasteiger partial charge in [-0.05, 0) is 33.6 Å². The van der Waals surface area contributed by atoms with Crippen molar-refractivity contribution in [3.8, 4) is 0 Å². The van der Waals surface area contributed by atoms with Gasteiger partial charge in [0.2, 0.25) is 0 Å². The van der Waals surface area contributed by atoms with Gasteiger partial charge in [0, 0.05) is 5.56 Å². The Bertz CT molecular complexity index is 435. The molecule has 0 aliphatic carbocycles. The first-order valence-electron chi connectivity index (χ1n) is 5.85. The molecule has 5 nitrogen and oxygen atoms in total. The molecule has 1 aromatic rings. The normalized spacial score (nSPS) is 11.6. The number of nitrogens with zero attached hydrogens (tertiary/aromatic N) is 2. The molecule has 0 unspecified atom stereocenters. The molecule has 0 atom stereocenters. The standard InChI is InChI=1S/C12H20FN3O2/c1-12(2,3)16-10(14)8(6-5-7-13)9(15-16)11(17)18-4/h5-7,14H2,1-4H3. The van der Waals surface area contributed by atoms with E-state index in [9.17, 15) is 9.18 Å². The molecule has 0 aromatic carbocycles. The number of ether oxygens (including phenoxy) is 1. The predicted molar refractivity (Wildman–Crippen MR) is 67.3 cm³/mol. The van der Waals surface area contributed by atoms with Crippen molar-refractivity contribution in [2.24, 2.45) is 0 Å². The molecule has 0 saturated heterocycles. The minimum Gasteiger partial charge on any atom is -0.464 e. The first-order chi connectivity index (χ1) is 8.32. The van der Waals surface area contributed by atoms with Gasteiger partial charge in [0.25, 0.3) is 0 Å². The second kappa shape index (κ2) is 5.37. The van der Waals surface area contributed by atoms with Crippen LogP contribution < -0.4 is 5.73 Å². The second-order valence-corrected chi connectivity index (χ2v) is 5.08. The Labute approximate surface area is 106 Å². The number of halogens is 1. The van der Waals surface area contributed by atoms with E-state index >= 15 is 0 Å². The Morgan fingerprint density at radius 3 is 2.56 bits per heavy atom. The van der Waals surface area contributed by atoms with E-state index in [1.165, 1.54) is 7.11 Å². The van der Waals surface area contributed by atoms with Crippen molar-refractivity contribution in [1.29, 1.82) is 0 Å². The summed E-state index contributed by atoms with van der Waals surface area (Å²) in [7, 11) is 1.29. The number of nitrogen functional groups attached to an aromatic ring is 1. The van der Waals surface area contributed by atoms with Crippen LogP contribution in [0.5, 0.6) is 0 Å². The van der Waals surface area contributed by atoms with Gasteiger partial charge in [0.1, 0.15) is 5.82 Å². The predicted octanol–water partition coefficient (Wildman–Crippen LogP) is 1.91. The highest BCUT2D eigenvalue weighted by atomic mass is 19.1. The van der Waals surface area contributed by atoms with E-state index in [0.29, 0.717) is 24.2 Å². The highest BCUT2D eigenvalue weighted by molar-refractivity contribution is 5.90. The third-order valence-electron chi connectivity index (χ3n) is 2.60. The van der Waals surface area contributed by atoms with Gasteiger partial charge in [-0.15, -0.1) is 0 Å². The summed E-state index contributed by atoms with van der Waals surface area (Å²) >= 11 is 0. The number of anilines is 1. The zero-order valence-corrected chi connectivity index (χ0v) is 11.3. The highest BCUT2D eigenvalue weighted by Crippen LogP contribution is 2.25. The van der Waals surface area contributed by atoms with E-state index in [-0.39, 0.29) is 11.2 Å². The molecule has 2 N–H and O–H groups in total. The number of rotatable bonds is 4. The average Bonchev–Trinajstić information content (AvgIpc) is 2.62. The Kier molecular flexibility index (Phi) is 4.32. The third-order valence-corrected chi connectivity index (χ3v) is 2.60. The van der Waals surface area contributed by atoms with Crippen molar-refractivity contribution in [2.45, 2.75) is 39.2 Å². The lowest BCUT2D eigenvalue weighted by Gasteiger charge is -2.20. The molecular formula is C12H20FN3O2. The largest absolute Gasteiger partial charge is 0.464 e. The summed E-state index contributed by atoms with van der Waals surface area (Å²) in [6.45, 7) is 5.32. The van der Waals surface area contributed by atoms with Crippen molar-refractivity contribution in [3.63, 3.8) is 0 Å². The van der Waals surface area contributed by atoms with Crippen LogP contribution in [0.2, 0.25) is 0 Å². The zero-order chi connectivity index (χ0) is 13.9. The van der Waals surface area contributed by atoms with Crippen LogP contribution >= 0.6 is 0 Å². The molecule has 1 aromatic heterocycles. The molecule has 0 amide bonds.